The Balaban J connectivity index is 1.36. The van der Waals surface area contributed by atoms with Gasteiger partial charge in [0, 0.05) is 19.1 Å². The van der Waals surface area contributed by atoms with Crippen LogP contribution >= 0.6 is 0 Å². The number of ether oxygens (including phenoxy) is 1. The first-order chi connectivity index (χ1) is 12.3. The number of hydrogen-bond acceptors (Lipinski definition) is 5. The van der Waals surface area contributed by atoms with Crippen molar-refractivity contribution >= 4 is 13.0 Å². The van der Waals surface area contributed by atoms with Crippen molar-refractivity contribution < 1.29 is 18.8 Å². The molecular formula is C19H33BN2O4. The van der Waals surface area contributed by atoms with Gasteiger partial charge in [0.2, 0.25) is 5.91 Å². The van der Waals surface area contributed by atoms with Gasteiger partial charge in [-0.15, -0.1) is 0 Å². The number of amides is 1. The lowest BCUT2D eigenvalue weighted by molar-refractivity contribution is -0.274. The molecule has 5 atom stereocenters. The third kappa shape index (κ3) is 2.74. The van der Waals surface area contributed by atoms with E-state index >= 15 is 0 Å². The quantitative estimate of drug-likeness (QED) is 0.755. The average molecular weight is 364 g/mol. The molecule has 2 saturated carbocycles. The molecule has 0 aromatic heterocycles. The molecule has 2 N–H and O–H groups in total. The van der Waals surface area contributed by atoms with E-state index in [1.807, 2.05) is 18.7 Å². The normalized spacial score (nSPS) is 36.4. The van der Waals surface area contributed by atoms with E-state index in [9.17, 15) is 4.79 Å². The topological polar surface area (TPSA) is 74.0 Å². The Morgan fingerprint density at radius 3 is 2.69 bits per heavy atom. The molecule has 0 aromatic rings. The molecule has 26 heavy (non-hydrogen) atoms. The molecule has 1 spiro atoms. The molecule has 146 valence electrons. The van der Waals surface area contributed by atoms with Crippen LogP contribution in [0.2, 0.25) is 0 Å². The van der Waals surface area contributed by atoms with Gasteiger partial charge in [0.25, 0.3) is 0 Å². The highest BCUT2D eigenvalue weighted by Crippen LogP contribution is 2.66. The lowest BCUT2D eigenvalue weighted by Gasteiger charge is -2.58. The molecule has 0 bridgehead atoms. The fraction of sp³-hybridized carbons (Fsp3) is 0.947. The second-order valence-electron chi connectivity index (χ2n) is 9.29. The monoisotopic (exact) mass is 364 g/mol. The van der Waals surface area contributed by atoms with Crippen LogP contribution in [0.1, 0.15) is 59.8 Å². The fourth-order valence-corrected chi connectivity index (χ4v) is 5.80. The Bertz CT molecular complexity index is 566. The first-order valence-corrected chi connectivity index (χ1v) is 10.3. The maximum atomic E-state index is 12.9. The van der Waals surface area contributed by atoms with Crippen LogP contribution in [-0.4, -0.2) is 55.0 Å². The van der Waals surface area contributed by atoms with Crippen LogP contribution in [0, 0.1) is 17.3 Å². The van der Waals surface area contributed by atoms with Gasteiger partial charge < -0.3 is 24.7 Å². The van der Waals surface area contributed by atoms with Gasteiger partial charge in [-0.25, -0.2) is 0 Å². The standard InChI is InChI=1S/C19H33BN2O4/c1-5-24-12(2)16(21)17(23)22-10-6-7-15(22)20-25-19(26-20)9-8-13-14(19)11-18(13,3)4/h12-16H,5-11,21H2,1-4H3. The van der Waals surface area contributed by atoms with E-state index < -0.39 is 6.04 Å². The summed E-state index contributed by atoms with van der Waals surface area (Å²) in [7, 11) is -0.293. The number of likely N-dealkylation sites (tertiary alicyclic amines) is 1. The van der Waals surface area contributed by atoms with Gasteiger partial charge in [-0.05, 0) is 57.3 Å². The summed E-state index contributed by atoms with van der Waals surface area (Å²) in [4.78, 5) is 14.7. The van der Waals surface area contributed by atoms with Gasteiger partial charge in [-0.2, -0.15) is 0 Å². The van der Waals surface area contributed by atoms with Crippen molar-refractivity contribution in [2.24, 2.45) is 23.0 Å². The Kier molecular flexibility index (Phi) is 4.66. The summed E-state index contributed by atoms with van der Waals surface area (Å²) in [6.45, 7) is 9.76. The van der Waals surface area contributed by atoms with Crippen LogP contribution in [0.4, 0.5) is 0 Å². The van der Waals surface area contributed by atoms with Crippen molar-refractivity contribution in [2.45, 2.75) is 83.7 Å². The van der Waals surface area contributed by atoms with Gasteiger partial charge >= 0.3 is 7.12 Å². The van der Waals surface area contributed by atoms with Crippen LogP contribution in [-0.2, 0) is 18.8 Å². The summed E-state index contributed by atoms with van der Waals surface area (Å²) in [6.07, 6.45) is 4.96. The number of carbonyl (C=O) groups is 1. The van der Waals surface area contributed by atoms with Crippen molar-refractivity contribution in [2.75, 3.05) is 13.2 Å². The number of fused-ring (bicyclic) bond motifs is 2. The highest BCUT2D eigenvalue weighted by atomic mass is 16.8. The molecular weight excluding hydrogens is 331 g/mol. The van der Waals surface area contributed by atoms with Crippen LogP contribution in [0.15, 0.2) is 0 Å². The number of rotatable bonds is 5. The van der Waals surface area contributed by atoms with Gasteiger partial charge in [0.05, 0.1) is 12.0 Å². The smallest absolute Gasteiger partial charge is 0.382 e. The highest BCUT2D eigenvalue weighted by Gasteiger charge is 2.69. The molecule has 7 heteroatoms. The van der Waals surface area contributed by atoms with Gasteiger partial charge in [-0.3, -0.25) is 4.79 Å². The average Bonchev–Trinajstić information content (AvgIpc) is 3.14. The number of nitrogens with zero attached hydrogens (tertiary/aromatic N) is 1. The van der Waals surface area contributed by atoms with Crippen LogP contribution in [0.5, 0.6) is 0 Å². The molecule has 1 amide bonds. The van der Waals surface area contributed by atoms with Gasteiger partial charge in [0.1, 0.15) is 11.8 Å². The molecule has 4 fully saturated rings. The minimum atomic E-state index is -0.632. The van der Waals surface area contributed by atoms with Crippen LogP contribution in [0.25, 0.3) is 0 Å². The summed E-state index contributed by atoms with van der Waals surface area (Å²) >= 11 is 0. The maximum Gasteiger partial charge on any atom is 0.485 e. The minimum absolute atomic E-state index is 0.0138. The molecule has 4 aliphatic rings. The van der Waals surface area contributed by atoms with E-state index in [1.165, 1.54) is 12.8 Å². The maximum absolute atomic E-state index is 12.9. The molecule has 6 nitrogen and oxygen atoms in total. The summed E-state index contributed by atoms with van der Waals surface area (Å²) < 4.78 is 18.3. The lowest BCUT2D eigenvalue weighted by atomic mass is 9.55. The van der Waals surface area contributed by atoms with Crippen molar-refractivity contribution in [3.05, 3.63) is 0 Å². The first kappa shape index (κ1) is 18.7. The van der Waals surface area contributed by atoms with E-state index in [0.29, 0.717) is 23.9 Å². The van der Waals surface area contributed by atoms with Crippen molar-refractivity contribution in [3.63, 3.8) is 0 Å². The number of carbonyl (C=O) groups excluding carboxylic acids is 1. The molecule has 2 aliphatic heterocycles. The molecule has 4 rings (SSSR count). The zero-order valence-electron chi connectivity index (χ0n) is 16.6. The molecule has 5 unspecified atom stereocenters. The van der Waals surface area contributed by atoms with Crippen molar-refractivity contribution in [3.8, 4) is 0 Å². The fourth-order valence-electron chi connectivity index (χ4n) is 5.80. The number of nitrogens with two attached hydrogens (primary N) is 1. The van der Waals surface area contributed by atoms with Crippen molar-refractivity contribution in [1.29, 1.82) is 0 Å². The summed E-state index contributed by atoms with van der Waals surface area (Å²) in [5, 5.41) is 0. The second kappa shape index (κ2) is 6.47. The summed E-state index contributed by atoms with van der Waals surface area (Å²) in [6, 6.07) is -0.632. The van der Waals surface area contributed by atoms with E-state index in [4.69, 9.17) is 19.8 Å². The van der Waals surface area contributed by atoms with Crippen LogP contribution < -0.4 is 5.73 Å². The summed E-state index contributed by atoms with van der Waals surface area (Å²) in [5.74, 6) is 0.809. The van der Waals surface area contributed by atoms with E-state index in [2.05, 4.69) is 13.8 Å². The molecule has 2 saturated heterocycles. The third-order valence-electron chi connectivity index (χ3n) is 7.35. The Hall–Kier alpha value is -0.625. The lowest BCUT2D eigenvalue weighted by Crippen LogP contribution is -2.69. The molecule has 0 radical (unpaired) electrons. The van der Waals surface area contributed by atoms with Crippen LogP contribution in [0.3, 0.4) is 0 Å². The van der Waals surface area contributed by atoms with Gasteiger partial charge in [-0.1, -0.05) is 13.8 Å². The molecule has 2 aliphatic carbocycles. The zero-order valence-corrected chi connectivity index (χ0v) is 16.6. The highest BCUT2D eigenvalue weighted by molar-refractivity contribution is 6.49. The Labute approximate surface area is 157 Å². The van der Waals surface area contributed by atoms with E-state index in [1.54, 1.807) is 0 Å². The largest absolute Gasteiger partial charge is 0.485 e. The zero-order chi connectivity index (χ0) is 18.7. The number of hydrogen-bond donors (Lipinski definition) is 1. The minimum Gasteiger partial charge on any atom is -0.382 e. The predicted octanol–water partition coefficient (Wildman–Crippen LogP) is 1.96. The Morgan fingerprint density at radius 1 is 1.35 bits per heavy atom. The second-order valence-corrected chi connectivity index (χ2v) is 9.29. The van der Waals surface area contributed by atoms with Gasteiger partial charge in [0.15, 0.2) is 0 Å². The summed E-state index contributed by atoms with van der Waals surface area (Å²) in [5.41, 5.74) is 6.57. The first-order valence-electron chi connectivity index (χ1n) is 10.3. The third-order valence-corrected chi connectivity index (χ3v) is 7.35. The predicted molar refractivity (Wildman–Crippen MR) is 99.1 cm³/mol. The van der Waals surface area contributed by atoms with Crippen molar-refractivity contribution in [1.82, 2.24) is 4.90 Å². The Morgan fingerprint density at radius 2 is 2.08 bits per heavy atom. The van der Waals surface area contributed by atoms with E-state index in [0.717, 1.165) is 25.8 Å². The molecule has 2 heterocycles. The molecule has 0 aromatic carbocycles. The SMILES string of the molecule is CCOC(C)C(N)C(=O)N1CCCC1B1OC2(CCC3C2CC3(C)C)O1. The van der Waals surface area contributed by atoms with E-state index in [-0.39, 0.29) is 30.9 Å².